The molecule has 0 aromatic heterocycles. The van der Waals surface area contributed by atoms with Crippen LogP contribution < -0.4 is 5.73 Å². The Hall–Kier alpha value is -1.41. The third kappa shape index (κ3) is 2.30. The van der Waals surface area contributed by atoms with Gasteiger partial charge in [-0.25, -0.2) is 9.18 Å². The lowest BCUT2D eigenvalue weighted by Gasteiger charge is -2.31. The summed E-state index contributed by atoms with van der Waals surface area (Å²) in [5.74, 6) is -5.46. The van der Waals surface area contributed by atoms with Crippen molar-refractivity contribution in [2.24, 2.45) is 17.6 Å². The number of fused-ring (bicyclic) bond motifs is 1. The van der Waals surface area contributed by atoms with Crippen LogP contribution in [0, 0.1) is 11.8 Å². The van der Waals surface area contributed by atoms with Crippen LogP contribution in [-0.4, -0.2) is 39.5 Å². The zero-order valence-electron chi connectivity index (χ0n) is 12.2. The van der Waals surface area contributed by atoms with E-state index in [1.807, 2.05) is 0 Å². The maximum atomic E-state index is 14.4. The maximum absolute atomic E-state index is 14.4. The fourth-order valence-corrected chi connectivity index (χ4v) is 4.10. The largest absolute Gasteiger partial charge is 0.480 e. The van der Waals surface area contributed by atoms with Gasteiger partial charge in [0.2, 0.25) is 5.67 Å². The van der Waals surface area contributed by atoms with Gasteiger partial charge in [-0.2, -0.15) is 0 Å². The summed E-state index contributed by atoms with van der Waals surface area (Å²) < 4.78 is 20.0. The van der Waals surface area contributed by atoms with Gasteiger partial charge in [-0.05, 0) is 24.1 Å². The number of hydrogen-bond donors (Lipinski definition) is 3. The molecule has 0 unspecified atom stereocenters. The second-order valence-electron chi connectivity index (χ2n) is 6.17. The number of carboxylic acids is 2. The summed E-state index contributed by atoms with van der Waals surface area (Å²) in [4.78, 5) is 22.7. The molecule has 2 saturated carbocycles. The third-order valence-corrected chi connectivity index (χ3v) is 5.54. The van der Waals surface area contributed by atoms with Gasteiger partial charge in [0.05, 0.1) is 12.7 Å². The highest BCUT2D eigenvalue weighted by molar-refractivity contribution is 6.35. The number of hydrogen-bond acceptors (Lipinski definition) is 4. The Morgan fingerprint density at radius 1 is 1.33 bits per heavy atom. The van der Waals surface area contributed by atoms with E-state index >= 15 is 0 Å². The maximum Gasteiger partial charge on any atom is 0.342 e. The van der Waals surface area contributed by atoms with Gasteiger partial charge < -0.3 is 20.7 Å². The zero-order valence-corrected chi connectivity index (χ0v) is 13.7. The van der Waals surface area contributed by atoms with E-state index in [1.54, 1.807) is 12.1 Å². The van der Waals surface area contributed by atoms with Crippen LogP contribution in [0.5, 0.6) is 0 Å². The van der Waals surface area contributed by atoms with Crippen LogP contribution in [0.4, 0.5) is 4.39 Å². The molecule has 2 fully saturated rings. The molecule has 2 aliphatic rings. The first-order chi connectivity index (χ1) is 11.1. The van der Waals surface area contributed by atoms with Crippen LogP contribution in [0.15, 0.2) is 18.2 Å². The number of alkyl halides is 1. The Labute approximate surface area is 146 Å². The number of aliphatic carboxylic acids is 2. The fourth-order valence-electron chi connectivity index (χ4n) is 3.64. The minimum absolute atomic E-state index is 0.0430. The quantitative estimate of drug-likeness (QED) is 0.724. The molecule has 4 N–H and O–H groups in total. The molecular formula is C15H14Cl2FNO5. The first-order valence-corrected chi connectivity index (χ1v) is 7.89. The second kappa shape index (κ2) is 5.56. The molecule has 0 saturated heterocycles. The first kappa shape index (κ1) is 17.4. The van der Waals surface area contributed by atoms with Crippen LogP contribution in [-0.2, 0) is 20.9 Å². The highest BCUT2D eigenvalue weighted by Gasteiger charge is 2.85. The van der Waals surface area contributed by atoms with E-state index in [1.165, 1.54) is 6.07 Å². The number of halogens is 3. The molecule has 130 valence electrons. The molecular weight excluding hydrogens is 364 g/mol. The SMILES string of the molecule is N[C@]1(C(=O)O)[C@H]2[C@@H](C[C@H]1OCc1ccc(Cl)cc1Cl)[C@]2(F)C(=O)O. The van der Waals surface area contributed by atoms with E-state index in [2.05, 4.69) is 0 Å². The highest BCUT2D eigenvalue weighted by atomic mass is 35.5. The number of carboxylic acid groups (broad SMARTS) is 2. The van der Waals surface area contributed by atoms with Crippen molar-refractivity contribution >= 4 is 35.1 Å². The van der Waals surface area contributed by atoms with Gasteiger partial charge in [-0.3, -0.25) is 4.79 Å². The second-order valence-corrected chi connectivity index (χ2v) is 7.01. The summed E-state index contributed by atoms with van der Waals surface area (Å²) in [5.41, 5.74) is 1.75. The number of carbonyl (C=O) groups is 2. The van der Waals surface area contributed by atoms with E-state index in [9.17, 15) is 19.1 Å². The number of rotatable bonds is 5. The predicted octanol–water partition coefficient (Wildman–Crippen LogP) is 2.10. The van der Waals surface area contributed by atoms with Crippen molar-refractivity contribution in [3.8, 4) is 0 Å². The van der Waals surface area contributed by atoms with Gasteiger partial charge in [0.25, 0.3) is 0 Å². The first-order valence-electron chi connectivity index (χ1n) is 7.13. The van der Waals surface area contributed by atoms with Gasteiger partial charge in [0, 0.05) is 21.9 Å². The molecule has 9 heteroatoms. The molecule has 0 amide bonds. The minimum atomic E-state index is -2.61. The smallest absolute Gasteiger partial charge is 0.342 e. The van der Waals surface area contributed by atoms with Crippen molar-refractivity contribution in [1.82, 2.24) is 0 Å². The van der Waals surface area contributed by atoms with Crippen molar-refractivity contribution in [2.45, 2.75) is 30.3 Å². The average Bonchev–Trinajstić information content (AvgIpc) is 2.96. The average molecular weight is 378 g/mol. The lowest BCUT2D eigenvalue weighted by Crippen LogP contribution is -2.60. The predicted molar refractivity (Wildman–Crippen MR) is 82.7 cm³/mol. The monoisotopic (exact) mass is 377 g/mol. The molecule has 3 rings (SSSR count). The lowest BCUT2D eigenvalue weighted by atomic mass is 9.88. The summed E-state index contributed by atoms with van der Waals surface area (Å²) in [7, 11) is 0. The van der Waals surface area contributed by atoms with E-state index in [-0.39, 0.29) is 13.0 Å². The normalized spacial score (nSPS) is 37.1. The van der Waals surface area contributed by atoms with Crippen molar-refractivity contribution in [2.75, 3.05) is 0 Å². The summed E-state index contributed by atoms with van der Waals surface area (Å²) in [5, 5.41) is 19.2. The lowest BCUT2D eigenvalue weighted by molar-refractivity contribution is -0.156. The molecule has 2 aliphatic carbocycles. The summed E-state index contributed by atoms with van der Waals surface area (Å²) >= 11 is 11.8. The van der Waals surface area contributed by atoms with E-state index in [4.69, 9.17) is 38.8 Å². The molecule has 24 heavy (non-hydrogen) atoms. The molecule has 1 aromatic rings. The Balaban J connectivity index is 1.78. The summed E-state index contributed by atoms with van der Waals surface area (Å²) in [6, 6.07) is 4.73. The fraction of sp³-hybridized carbons (Fsp3) is 0.467. The van der Waals surface area contributed by atoms with Crippen LogP contribution >= 0.6 is 23.2 Å². The van der Waals surface area contributed by atoms with Crippen LogP contribution in [0.2, 0.25) is 10.0 Å². The topological polar surface area (TPSA) is 110 Å². The van der Waals surface area contributed by atoms with Crippen LogP contribution in [0.25, 0.3) is 0 Å². The van der Waals surface area contributed by atoms with Crippen molar-refractivity contribution in [3.05, 3.63) is 33.8 Å². The molecule has 0 radical (unpaired) electrons. The Morgan fingerprint density at radius 2 is 2.00 bits per heavy atom. The van der Waals surface area contributed by atoms with Crippen molar-refractivity contribution in [3.63, 3.8) is 0 Å². The molecule has 5 atom stereocenters. The van der Waals surface area contributed by atoms with E-state index in [0.717, 1.165) is 0 Å². The molecule has 0 heterocycles. The van der Waals surface area contributed by atoms with Gasteiger partial charge in [0.1, 0.15) is 5.54 Å². The van der Waals surface area contributed by atoms with Crippen LogP contribution in [0.3, 0.4) is 0 Å². The van der Waals surface area contributed by atoms with E-state index in [0.29, 0.717) is 15.6 Å². The molecule has 0 spiro atoms. The van der Waals surface area contributed by atoms with Crippen molar-refractivity contribution in [1.29, 1.82) is 0 Å². The number of ether oxygens (including phenoxy) is 1. The molecule has 6 nitrogen and oxygen atoms in total. The third-order valence-electron chi connectivity index (χ3n) is 4.95. The molecule has 0 bridgehead atoms. The van der Waals surface area contributed by atoms with Gasteiger partial charge in [-0.1, -0.05) is 29.3 Å². The Morgan fingerprint density at radius 3 is 2.54 bits per heavy atom. The van der Waals surface area contributed by atoms with Crippen molar-refractivity contribution < 1.29 is 28.9 Å². The van der Waals surface area contributed by atoms with E-state index < -0.39 is 41.1 Å². The molecule has 1 aromatic carbocycles. The Kier molecular flexibility index (Phi) is 4.03. The number of nitrogens with two attached hydrogens (primary N) is 1. The summed E-state index contributed by atoms with van der Waals surface area (Å²) in [6.45, 7) is -0.0430. The zero-order chi connectivity index (χ0) is 17.9. The van der Waals surface area contributed by atoms with Gasteiger partial charge >= 0.3 is 11.9 Å². The van der Waals surface area contributed by atoms with Gasteiger partial charge in [0.15, 0.2) is 0 Å². The number of benzene rings is 1. The minimum Gasteiger partial charge on any atom is -0.480 e. The standard InChI is InChI=1S/C15H14Cl2FNO5/c16-7-2-1-6(9(17)3-7)5-24-10-4-8-11(14(8,18)12(20)21)15(10,19)13(22)23/h1-3,8,10-11H,4-5,19H2,(H,20,21)(H,22,23)/t8-,10-,11+,14-,15+/m1/s1. The summed E-state index contributed by atoms with van der Waals surface area (Å²) in [6.07, 6.45) is -1.10. The molecule has 0 aliphatic heterocycles. The van der Waals surface area contributed by atoms with Gasteiger partial charge in [-0.15, -0.1) is 0 Å². The highest BCUT2D eigenvalue weighted by Crippen LogP contribution is 2.67. The Bertz CT molecular complexity index is 732. The van der Waals surface area contributed by atoms with Crippen LogP contribution in [0.1, 0.15) is 12.0 Å².